The van der Waals surface area contributed by atoms with Gasteiger partial charge in [-0.15, -0.1) is 10.2 Å². The first kappa shape index (κ1) is 16.9. The maximum absolute atomic E-state index is 12.0. The van der Waals surface area contributed by atoms with Gasteiger partial charge >= 0.3 is 6.03 Å². The van der Waals surface area contributed by atoms with Crippen molar-refractivity contribution in [1.29, 1.82) is 0 Å². The summed E-state index contributed by atoms with van der Waals surface area (Å²) in [6.07, 6.45) is 2.32. The summed E-state index contributed by atoms with van der Waals surface area (Å²) in [7, 11) is 0. The van der Waals surface area contributed by atoms with Gasteiger partial charge in [0.1, 0.15) is 5.01 Å². The molecule has 0 radical (unpaired) electrons. The minimum Gasteiger partial charge on any atom is -0.393 e. The van der Waals surface area contributed by atoms with Crippen molar-refractivity contribution < 1.29 is 9.90 Å². The number of nitrogens with one attached hydrogen (secondary N) is 2. The number of aromatic nitrogens is 2. The molecule has 128 valence electrons. The van der Waals surface area contributed by atoms with Gasteiger partial charge in [0, 0.05) is 12.1 Å². The van der Waals surface area contributed by atoms with E-state index in [-0.39, 0.29) is 12.1 Å². The predicted octanol–water partition coefficient (Wildman–Crippen LogP) is 3.10. The number of hydrogen-bond donors (Lipinski definition) is 3. The Kier molecular flexibility index (Phi) is 5.11. The average Bonchev–Trinajstić information content (AvgIpc) is 3.13. The van der Waals surface area contributed by atoms with Gasteiger partial charge in [-0.2, -0.15) is 0 Å². The highest BCUT2D eigenvalue weighted by Crippen LogP contribution is 2.28. The summed E-state index contributed by atoms with van der Waals surface area (Å²) >= 11 is 1.36. The summed E-state index contributed by atoms with van der Waals surface area (Å²) < 4.78 is 0. The Morgan fingerprint density at radius 3 is 2.67 bits per heavy atom. The number of hydrogen-bond acceptors (Lipinski definition) is 5. The number of amides is 2. The van der Waals surface area contributed by atoms with Gasteiger partial charge in [-0.05, 0) is 51.2 Å². The summed E-state index contributed by atoms with van der Waals surface area (Å²) in [5.41, 5.74) is 3.36. The quantitative estimate of drug-likeness (QED) is 0.794. The van der Waals surface area contributed by atoms with Gasteiger partial charge in [0.05, 0.1) is 6.10 Å². The highest BCUT2D eigenvalue weighted by atomic mass is 32.1. The highest BCUT2D eigenvalue weighted by Gasteiger charge is 2.23. The van der Waals surface area contributed by atoms with E-state index in [0.717, 1.165) is 29.8 Å². The lowest BCUT2D eigenvalue weighted by atomic mass is 10.1. The molecule has 3 rings (SSSR count). The molecule has 24 heavy (non-hydrogen) atoms. The topological polar surface area (TPSA) is 87.1 Å². The number of benzene rings is 1. The summed E-state index contributed by atoms with van der Waals surface area (Å²) in [5.74, 6) is 0.353. The minimum atomic E-state index is -0.278. The van der Waals surface area contributed by atoms with Gasteiger partial charge in [0.15, 0.2) is 0 Å². The van der Waals surface area contributed by atoms with Crippen molar-refractivity contribution in [3.05, 3.63) is 29.3 Å². The van der Waals surface area contributed by atoms with E-state index in [9.17, 15) is 9.90 Å². The van der Waals surface area contributed by atoms with Crippen molar-refractivity contribution in [3.8, 4) is 10.6 Å². The van der Waals surface area contributed by atoms with Crippen LogP contribution in [0.1, 0.15) is 30.4 Å². The second kappa shape index (κ2) is 7.27. The lowest BCUT2D eigenvalue weighted by Crippen LogP contribution is -2.32. The molecule has 3 N–H and O–H groups in total. The van der Waals surface area contributed by atoms with Crippen molar-refractivity contribution in [1.82, 2.24) is 15.5 Å². The summed E-state index contributed by atoms with van der Waals surface area (Å²) in [5, 5.41) is 24.5. The van der Waals surface area contributed by atoms with Crippen LogP contribution >= 0.6 is 11.3 Å². The van der Waals surface area contributed by atoms with Crippen molar-refractivity contribution in [2.24, 2.45) is 5.92 Å². The first-order valence-electron chi connectivity index (χ1n) is 8.14. The van der Waals surface area contributed by atoms with Gasteiger partial charge in [-0.25, -0.2) is 4.79 Å². The third-order valence-electron chi connectivity index (χ3n) is 4.18. The molecule has 6 nitrogen and oxygen atoms in total. The number of aliphatic hydroxyl groups excluding tert-OH is 1. The second-order valence-electron chi connectivity index (χ2n) is 6.46. The van der Waals surface area contributed by atoms with Crippen LogP contribution in [0.2, 0.25) is 0 Å². The molecule has 1 saturated carbocycles. The van der Waals surface area contributed by atoms with Gasteiger partial charge in [0.25, 0.3) is 0 Å². The average molecular weight is 346 g/mol. The molecule has 1 aliphatic carbocycles. The Morgan fingerprint density at radius 1 is 1.25 bits per heavy atom. The number of urea groups is 1. The fourth-order valence-electron chi connectivity index (χ4n) is 3.10. The molecule has 0 bridgehead atoms. The molecule has 1 aliphatic rings. The molecule has 0 aliphatic heterocycles. The number of anilines is 1. The van der Waals surface area contributed by atoms with Crippen LogP contribution in [0.5, 0.6) is 0 Å². The standard InChI is InChI=1S/C17H22N4O2S/c1-10-5-11(2)7-13(6-10)15-20-21-17(24-15)19-16(23)18-9-12-3-4-14(22)8-12/h5-7,12,14,22H,3-4,8-9H2,1-2H3,(H2,18,19,21,23)/t12-,14-/m0/s1. The third kappa shape index (κ3) is 4.30. The zero-order valence-electron chi connectivity index (χ0n) is 13.9. The van der Waals surface area contributed by atoms with Crippen LogP contribution in [0.3, 0.4) is 0 Å². The Labute approximate surface area is 145 Å². The van der Waals surface area contributed by atoms with E-state index >= 15 is 0 Å². The smallest absolute Gasteiger partial charge is 0.321 e. The van der Waals surface area contributed by atoms with Gasteiger partial charge < -0.3 is 10.4 Å². The molecule has 1 heterocycles. The van der Waals surface area contributed by atoms with Crippen LogP contribution < -0.4 is 10.6 Å². The zero-order valence-corrected chi connectivity index (χ0v) is 14.7. The number of aryl methyl sites for hydroxylation is 2. The Morgan fingerprint density at radius 2 is 2.00 bits per heavy atom. The molecular weight excluding hydrogens is 324 g/mol. The van der Waals surface area contributed by atoms with Gasteiger partial charge in [0.2, 0.25) is 5.13 Å². The predicted molar refractivity (Wildman–Crippen MR) is 95.2 cm³/mol. The molecule has 7 heteroatoms. The molecule has 0 unspecified atom stereocenters. The second-order valence-corrected chi connectivity index (χ2v) is 7.43. The molecule has 0 saturated heterocycles. The largest absolute Gasteiger partial charge is 0.393 e. The monoisotopic (exact) mass is 346 g/mol. The lowest BCUT2D eigenvalue weighted by Gasteiger charge is -2.10. The summed E-state index contributed by atoms with van der Waals surface area (Å²) in [6, 6.07) is 5.95. The first-order valence-corrected chi connectivity index (χ1v) is 8.96. The molecule has 0 spiro atoms. The molecule has 1 aromatic carbocycles. The van der Waals surface area contributed by atoms with Crippen molar-refractivity contribution in [3.63, 3.8) is 0 Å². The molecule has 1 aromatic heterocycles. The molecular formula is C17H22N4O2S. The van der Waals surface area contributed by atoms with E-state index in [1.165, 1.54) is 22.5 Å². The fourth-order valence-corrected chi connectivity index (χ4v) is 3.83. The summed E-state index contributed by atoms with van der Waals surface area (Å²) in [4.78, 5) is 12.0. The number of carbonyl (C=O) groups is 1. The van der Waals surface area contributed by atoms with E-state index in [1.54, 1.807) is 0 Å². The molecule has 2 aromatic rings. The molecule has 2 amide bonds. The van der Waals surface area contributed by atoms with Gasteiger partial charge in [-0.3, -0.25) is 5.32 Å². The van der Waals surface area contributed by atoms with Crippen molar-refractivity contribution in [2.45, 2.75) is 39.2 Å². The van der Waals surface area contributed by atoms with Crippen LogP contribution in [0.15, 0.2) is 18.2 Å². The van der Waals surface area contributed by atoms with E-state index in [2.05, 4.69) is 39.0 Å². The van der Waals surface area contributed by atoms with E-state index in [4.69, 9.17) is 0 Å². The van der Waals surface area contributed by atoms with Crippen LogP contribution in [-0.4, -0.2) is 34.0 Å². The van der Waals surface area contributed by atoms with E-state index < -0.39 is 0 Å². The Balaban J connectivity index is 1.56. The summed E-state index contributed by atoms with van der Waals surface area (Å²) in [6.45, 7) is 4.67. The lowest BCUT2D eigenvalue weighted by molar-refractivity contribution is 0.177. The third-order valence-corrected chi connectivity index (χ3v) is 5.07. The number of aliphatic hydroxyl groups is 1. The normalized spacial score (nSPS) is 20.1. The van der Waals surface area contributed by atoms with Crippen LogP contribution in [0.25, 0.3) is 10.6 Å². The number of rotatable bonds is 4. The Hall–Kier alpha value is -1.99. The van der Waals surface area contributed by atoms with Crippen LogP contribution in [0.4, 0.5) is 9.93 Å². The maximum Gasteiger partial charge on any atom is 0.321 e. The fraction of sp³-hybridized carbons (Fsp3) is 0.471. The highest BCUT2D eigenvalue weighted by molar-refractivity contribution is 7.18. The van der Waals surface area contributed by atoms with E-state index in [0.29, 0.717) is 17.6 Å². The number of nitrogens with zero attached hydrogens (tertiary/aromatic N) is 2. The van der Waals surface area contributed by atoms with Gasteiger partial charge in [-0.1, -0.05) is 28.5 Å². The van der Waals surface area contributed by atoms with Crippen molar-refractivity contribution >= 4 is 22.5 Å². The SMILES string of the molecule is Cc1cc(C)cc(-c2nnc(NC(=O)NC[C@H]3CC[C@H](O)C3)s2)c1. The van der Waals surface area contributed by atoms with E-state index in [1.807, 2.05) is 13.8 Å². The molecule has 1 fully saturated rings. The minimum absolute atomic E-state index is 0.219. The Bertz CT molecular complexity index is 711. The van der Waals surface area contributed by atoms with Crippen molar-refractivity contribution in [2.75, 3.05) is 11.9 Å². The van der Waals surface area contributed by atoms with Crippen LogP contribution in [0, 0.1) is 19.8 Å². The number of carbonyl (C=O) groups excluding carboxylic acids is 1. The molecule has 2 atom stereocenters. The zero-order chi connectivity index (χ0) is 17.1. The first-order chi connectivity index (χ1) is 11.5. The maximum atomic E-state index is 12.0. The van der Waals surface area contributed by atoms with Crippen LogP contribution in [-0.2, 0) is 0 Å².